The quantitative estimate of drug-likeness (QED) is 0.888. The number of rotatable bonds is 5. The van der Waals surface area contributed by atoms with Crippen molar-refractivity contribution in [3.63, 3.8) is 0 Å². The zero-order chi connectivity index (χ0) is 13.8. The fourth-order valence-corrected chi connectivity index (χ4v) is 2.88. The minimum absolute atomic E-state index is 0.0602. The number of benzene rings is 1. The highest BCUT2D eigenvalue weighted by molar-refractivity contribution is 7.91. The summed E-state index contributed by atoms with van der Waals surface area (Å²) in [5.41, 5.74) is -0.0870. The van der Waals surface area contributed by atoms with Gasteiger partial charge in [-0.1, -0.05) is 12.1 Å². The van der Waals surface area contributed by atoms with Crippen LogP contribution in [0.1, 0.15) is 20.8 Å². The molecule has 0 aliphatic rings. The molecule has 4 nitrogen and oxygen atoms in total. The lowest BCUT2D eigenvalue weighted by Gasteiger charge is -2.20. The molecule has 0 aliphatic heterocycles. The molecule has 0 bridgehead atoms. The van der Waals surface area contributed by atoms with E-state index in [0.717, 1.165) is 0 Å². The summed E-state index contributed by atoms with van der Waals surface area (Å²) in [7, 11) is -1.84. The molecular weight excluding hydrogens is 250 g/mol. The second kappa shape index (κ2) is 5.71. The molecule has 0 unspecified atom stereocenters. The summed E-state index contributed by atoms with van der Waals surface area (Å²) < 4.78 is 29.4. The van der Waals surface area contributed by atoms with Crippen molar-refractivity contribution in [1.29, 1.82) is 0 Å². The molecule has 102 valence electrons. The Labute approximate surface area is 109 Å². The van der Waals surface area contributed by atoms with Crippen molar-refractivity contribution in [1.82, 2.24) is 5.32 Å². The maximum Gasteiger partial charge on any atom is 0.183 e. The maximum absolute atomic E-state index is 12.2. The van der Waals surface area contributed by atoms with E-state index < -0.39 is 9.84 Å². The number of ether oxygens (including phenoxy) is 1. The molecule has 0 atom stereocenters. The van der Waals surface area contributed by atoms with Crippen molar-refractivity contribution in [2.24, 2.45) is 0 Å². The maximum atomic E-state index is 12.2. The molecule has 0 aromatic heterocycles. The van der Waals surface area contributed by atoms with Crippen molar-refractivity contribution in [2.75, 3.05) is 19.4 Å². The number of methoxy groups -OCH3 is 1. The van der Waals surface area contributed by atoms with Gasteiger partial charge in [-0.2, -0.15) is 0 Å². The number of para-hydroxylation sites is 1. The first-order valence-electron chi connectivity index (χ1n) is 5.87. The third-order valence-electron chi connectivity index (χ3n) is 2.43. The van der Waals surface area contributed by atoms with Crippen LogP contribution in [-0.4, -0.2) is 33.4 Å². The first-order chi connectivity index (χ1) is 8.26. The van der Waals surface area contributed by atoms with Gasteiger partial charge in [0.05, 0.1) is 12.9 Å². The number of hydrogen-bond acceptors (Lipinski definition) is 4. The van der Waals surface area contributed by atoms with Crippen molar-refractivity contribution < 1.29 is 13.2 Å². The van der Waals surface area contributed by atoms with E-state index >= 15 is 0 Å². The Bertz CT molecular complexity index is 489. The van der Waals surface area contributed by atoms with Crippen molar-refractivity contribution in [3.8, 4) is 5.75 Å². The number of hydrogen-bond donors (Lipinski definition) is 1. The van der Waals surface area contributed by atoms with Gasteiger partial charge < -0.3 is 10.1 Å². The van der Waals surface area contributed by atoms with Crippen molar-refractivity contribution in [3.05, 3.63) is 24.3 Å². The van der Waals surface area contributed by atoms with Gasteiger partial charge in [-0.25, -0.2) is 8.42 Å². The van der Waals surface area contributed by atoms with Crippen LogP contribution in [0.25, 0.3) is 0 Å². The van der Waals surface area contributed by atoms with Gasteiger partial charge in [0.1, 0.15) is 10.6 Å². The molecular formula is C13H21NO3S. The fourth-order valence-electron chi connectivity index (χ4n) is 1.55. The molecule has 0 saturated carbocycles. The SMILES string of the molecule is COc1ccccc1S(=O)(=O)CCNC(C)(C)C. The summed E-state index contributed by atoms with van der Waals surface area (Å²) in [6.07, 6.45) is 0. The summed E-state index contributed by atoms with van der Waals surface area (Å²) in [4.78, 5) is 0.253. The van der Waals surface area contributed by atoms with Crippen LogP contribution in [-0.2, 0) is 9.84 Å². The van der Waals surface area contributed by atoms with Gasteiger partial charge in [0, 0.05) is 12.1 Å². The van der Waals surface area contributed by atoms with Crippen LogP contribution in [0.4, 0.5) is 0 Å². The van der Waals surface area contributed by atoms with Gasteiger partial charge in [0.15, 0.2) is 9.84 Å². The predicted octanol–water partition coefficient (Wildman–Crippen LogP) is 1.86. The Kier molecular flexibility index (Phi) is 4.76. The topological polar surface area (TPSA) is 55.4 Å². The summed E-state index contributed by atoms with van der Waals surface area (Å²) in [5, 5.41) is 3.17. The minimum atomic E-state index is -3.31. The molecule has 0 aliphatic carbocycles. The summed E-state index contributed by atoms with van der Waals surface area (Å²) in [6, 6.07) is 6.69. The highest BCUT2D eigenvalue weighted by Crippen LogP contribution is 2.23. The van der Waals surface area contributed by atoms with E-state index in [1.807, 2.05) is 20.8 Å². The lowest BCUT2D eigenvalue weighted by atomic mass is 10.1. The van der Waals surface area contributed by atoms with E-state index in [4.69, 9.17) is 4.74 Å². The Morgan fingerprint density at radius 3 is 2.39 bits per heavy atom. The van der Waals surface area contributed by atoms with Crippen molar-refractivity contribution in [2.45, 2.75) is 31.2 Å². The molecule has 0 heterocycles. The predicted molar refractivity (Wildman–Crippen MR) is 72.8 cm³/mol. The molecule has 5 heteroatoms. The van der Waals surface area contributed by atoms with Gasteiger partial charge in [-0.15, -0.1) is 0 Å². The minimum Gasteiger partial charge on any atom is -0.495 e. The molecule has 18 heavy (non-hydrogen) atoms. The van der Waals surface area contributed by atoms with E-state index in [0.29, 0.717) is 12.3 Å². The van der Waals surface area contributed by atoms with E-state index in [1.165, 1.54) is 7.11 Å². The Balaban J connectivity index is 2.81. The van der Waals surface area contributed by atoms with E-state index in [1.54, 1.807) is 24.3 Å². The molecule has 0 saturated heterocycles. The molecule has 1 N–H and O–H groups in total. The largest absolute Gasteiger partial charge is 0.495 e. The second-order valence-electron chi connectivity index (χ2n) is 5.15. The second-order valence-corrected chi connectivity index (χ2v) is 7.22. The van der Waals surface area contributed by atoms with Crippen LogP contribution >= 0.6 is 0 Å². The normalized spacial score (nSPS) is 12.4. The third-order valence-corrected chi connectivity index (χ3v) is 4.18. The van der Waals surface area contributed by atoms with Crippen molar-refractivity contribution >= 4 is 9.84 Å². The van der Waals surface area contributed by atoms with Gasteiger partial charge in [-0.05, 0) is 32.9 Å². The highest BCUT2D eigenvalue weighted by atomic mass is 32.2. The van der Waals surface area contributed by atoms with E-state index in [9.17, 15) is 8.42 Å². The van der Waals surface area contributed by atoms with E-state index in [2.05, 4.69) is 5.32 Å². The highest BCUT2D eigenvalue weighted by Gasteiger charge is 2.19. The number of sulfone groups is 1. The number of nitrogens with one attached hydrogen (secondary N) is 1. The Hall–Kier alpha value is -1.07. The smallest absolute Gasteiger partial charge is 0.183 e. The Morgan fingerprint density at radius 1 is 1.22 bits per heavy atom. The first kappa shape index (κ1) is 15.0. The zero-order valence-corrected chi connectivity index (χ0v) is 12.2. The lowest BCUT2D eigenvalue weighted by Crippen LogP contribution is -2.38. The lowest BCUT2D eigenvalue weighted by molar-refractivity contribution is 0.402. The van der Waals surface area contributed by atoms with Gasteiger partial charge in [0.25, 0.3) is 0 Å². The molecule has 0 spiro atoms. The first-order valence-corrected chi connectivity index (χ1v) is 7.52. The van der Waals surface area contributed by atoms with Crippen LogP contribution in [0.2, 0.25) is 0 Å². The molecule has 0 radical (unpaired) electrons. The molecule has 1 aromatic carbocycles. The van der Waals surface area contributed by atoms with Crippen LogP contribution in [0, 0.1) is 0 Å². The van der Waals surface area contributed by atoms with Crippen LogP contribution in [0.3, 0.4) is 0 Å². The third kappa shape index (κ3) is 4.31. The van der Waals surface area contributed by atoms with E-state index in [-0.39, 0.29) is 16.2 Å². The summed E-state index contributed by atoms with van der Waals surface area (Å²) in [5.74, 6) is 0.457. The zero-order valence-electron chi connectivity index (χ0n) is 11.4. The van der Waals surface area contributed by atoms with Gasteiger partial charge in [-0.3, -0.25) is 0 Å². The monoisotopic (exact) mass is 271 g/mol. The molecule has 0 fully saturated rings. The molecule has 1 aromatic rings. The van der Waals surface area contributed by atoms with Gasteiger partial charge in [0.2, 0.25) is 0 Å². The summed E-state index contributed by atoms with van der Waals surface area (Å²) >= 11 is 0. The van der Waals surface area contributed by atoms with Crippen LogP contribution < -0.4 is 10.1 Å². The average molecular weight is 271 g/mol. The van der Waals surface area contributed by atoms with Gasteiger partial charge >= 0.3 is 0 Å². The Morgan fingerprint density at radius 2 is 1.83 bits per heavy atom. The fraction of sp³-hybridized carbons (Fsp3) is 0.538. The molecule has 1 rings (SSSR count). The average Bonchev–Trinajstić information content (AvgIpc) is 2.27. The molecule has 0 amide bonds. The standard InChI is InChI=1S/C13H21NO3S/c1-13(2,3)14-9-10-18(15,16)12-8-6-5-7-11(12)17-4/h5-8,14H,9-10H2,1-4H3. The summed E-state index contributed by atoms with van der Waals surface area (Å²) in [6.45, 7) is 6.43. The van der Waals surface area contributed by atoms with Crippen LogP contribution in [0.15, 0.2) is 29.2 Å². The van der Waals surface area contributed by atoms with Crippen LogP contribution in [0.5, 0.6) is 5.75 Å².